The first-order valence-corrected chi connectivity index (χ1v) is 28.8. The number of carbonyl (C=O) groups excluding carboxylic acids is 11. The number of aliphatic carboxylic acids is 1. The minimum absolute atomic E-state index is 0.0223. The number of nitrogens with zero attached hydrogens (tertiary/aromatic N) is 1. The maximum absolute atomic E-state index is 14.2. The van der Waals surface area contributed by atoms with Crippen LogP contribution in [-0.2, 0) is 57.5 Å². The van der Waals surface area contributed by atoms with Gasteiger partial charge in [0.2, 0.25) is 65.0 Å². The minimum Gasteiger partial charge on any atom is -0.481 e. The molecule has 0 aliphatic heterocycles. The van der Waals surface area contributed by atoms with Gasteiger partial charge in [-0.2, -0.15) is 11.8 Å². The SMILES string of the molecule is CC[C@H](C)[C@H](NC(=O)[C@H](CC(=O)O)NC(=O)[C@H](CCC(N)=O)NC(=O)[C@H](CC(C)C)NC(=O)[C@H](CC(C)C)NC(=O)[C@H](CCCCN)NC(C)C)C(=O)N[C@@H](CCSC)C(=O)N[C@@H](CC(N)=O)C(=O)N[C@@H](CCCN=C(N)N)C(N)=O. The topological polar surface area (TPSA) is 502 Å². The third-order valence-electron chi connectivity index (χ3n) is 12.5. The summed E-state index contributed by atoms with van der Waals surface area (Å²) in [7, 11) is 0. The standard InChI is InChI=1S/C51H94N16O13S/c1-10-29(8)41(50(80)62-33(18-21-81-9)45(75)65-36(24-39(54)69)48(78)60-30(42(55)72)15-13-20-58-51(56)57)67-49(79)37(25-40(70)71)66-44(74)32(16-17-38(53)68)61-46(76)34(22-26(2)3)64-47(77)35(23-27(4)5)63-43(73)31(59-28(6)7)14-11-12-19-52/h26-37,41,59H,10-25,52H2,1-9H3,(H2,53,68)(H2,54,69)(H2,55,72)(H,60,78)(H,61,76)(H,62,80)(H,63,73)(H,64,77)(H,65,75)(H,66,74)(H,67,79)(H,70,71)(H4,56,57,58)/t29-,30-,31-,32-,33-,34-,35-,36-,37-,41-/m0/s1. The van der Waals surface area contributed by atoms with Crippen LogP contribution in [-0.4, -0.2) is 168 Å². The van der Waals surface area contributed by atoms with Crippen molar-refractivity contribution >= 4 is 88.7 Å². The Kier molecular flexibility index (Phi) is 36.2. The fourth-order valence-electron chi connectivity index (χ4n) is 8.09. The number of guanidine groups is 1. The van der Waals surface area contributed by atoms with Crippen molar-refractivity contribution in [1.29, 1.82) is 0 Å². The molecule has 0 bridgehead atoms. The van der Waals surface area contributed by atoms with Gasteiger partial charge in [-0.1, -0.05) is 68.2 Å². The van der Waals surface area contributed by atoms with Crippen LogP contribution in [0.15, 0.2) is 4.99 Å². The Bertz CT molecular complexity index is 2130. The summed E-state index contributed by atoms with van der Waals surface area (Å²) in [4.78, 5) is 164. The van der Waals surface area contributed by atoms with Crippen molar-refractivity contribution in [3.63, 3.8) is 0 Å². The number of primary amides is 3. The lowest BCUT2D eigenvalue weighted by Gasteiger charge is -2.30. The van der Waals surface area contributed by atoms with Crippen molar-refractivity contribution in [1.82, 2.24) is 47.9 Å². The zero-order valence-corrected chi connectivity index (χ0v) is 49.3. The van der Waals surface area contributed by atoms with Gasteiger partial charge < -0.3 is 87.4 Å². The van der Waals surface area contributed by atoms with Gasteiger partial charge in [-0.05, 0) is 87.7 Å². The molecule has 29 nitrogen and oxygen atoms in total. The third-order valence-corrected chi connectivity index (χ3v) is 13.1. The van der Waals surface area contributed by atoms with Crippen molar-refractivity contribution in [2.45, 2.75) is 199 Å². The summed E-state index contributed by atoms with van der Waals surface area (Å²) < 4.78 is 0. The van der Waals surface area contributed by atoms with Crippen LogP contribution in [0, 0.1) is 17.8 Å². The van der Waals surface area contributed by atoms with Crippen molar-refractivity contribution in [3.8, 4) is 0 Å². The van der Waals surface area contributed by atoms with Crippen LogP contribution in [0.1, 0.15) is 139 Å². The highest BCUT2D eigenvalue weighted by atomic mass is 32.2. The normalized spacial score (nSPS) is 14.9. The number of carbonyl (C=O) groups is 12. The van der Waals surface area contributed by atoms with Gasteiger partial charge in [0.05, 0.1) is 18.9 Å². The average Bonchev–Trinajstić information content (AvgIpc) is 3.36. The Balaban J connectivity index is 6.83. The smallest absolute Gasteiger partial charge is 0.305 e. The fraction of sp³-hybridized carbons (Fsp3) is 0.745. The van der Waals surface area contributed by atoms with E-state index in [-0.39, 0.29) is 74.7 Å². The van der Waals surface area contributed by atoms with E-state index >= 15 is 0 Å². The number of unbranched alkanes of at least 4 members (excludes halogenated alkanes) is 1. The number of thioether (sulfide) groups is 1. The van der Waals surface area contributed by atoms with Crippen molar-refractivity contribution in [2.24, 2.45) is 57.1 Å². The molecule has 0 heterocycles. The zero-order chi connectivity index (χ0) is 62.1. The Morgan fingerprint density at radius 2 is 0.926 bits per heavy atom. The molecule has 0 aromatic heterocycles. The van der Waals surface area contributed by atoms with Crippen molar-refractivity contribution in [3.05, 3.63) is 0 Å². The lowest BCUT2D eigenvalue weighted by atomic mass is 9.97. The van der Waals surface area contributed by atoms with Crippen LogP contribution in [0.4, 0.5) is 0 Å². The molecular weight excluding hydrogens is 1080 g/mol. The van der Waals surface area contributed by atoms with Gasteiger partial charge in [0.25, 0.3) is 0 Å². The second kappa shape index (κ2) is 39.6. The molecule has 22 N–H and O–H groups in total. The molecule has 462 valence electrons. The molecule has 0 aromatic rings. The van der Waals surface area contributed by atoms with E-state index in [4.69, 9.17) is 34.4 Å². The van der Waals surface area contributed by atoms with E-state index in [0.717, 1.165) is 0 Å². The van der Waals surface area contributed by atoms with Crippen LogP contribution in [0.5, 0.6) is 0 Å². The van der Waals surface area contributed by atoms with Crippen LogP contribution in [0.25, 0.3) is 0 Å². The highest BCUT2D eigenvalue weighted by molar-refractivity contribution is 7.98. The number of hydrogen-bond acceptors (Lipinski definition) is 16. The summed E-state index contributed by atoms with van der Waals surface area (Å²) >= 11 is 1.29. The van der Waals surface area contributed by atoms with E-state index in [2.05, 4.69) is 52.8 Å². The number of aliphatic imine (C=N–C) groups is 1. The van der Waals surface area contributed by atoms with Gasteiger partial charge >= 0.3 is 5.97 Å². The first-order chi connectivity index (χ1) is 37.9. The molecule has 0 aliphatic carbocycles. The molecule has 0 aliphatic rings. The Hall–Kier alpha value is -6.82. The average molecular weight is 1170 g/mol. The Labute approximate surface area is 479 Å². The molecule has 0 aromatic carbocycles. The number of nitrogens with two attached hydrogens (primary N) is 6. The molecule has 0 saturated carbocycles. The Morgan fingerprint density at radius 3 is 1.37 bits per heavy atom. The van der Waals surface area contributed by atoms with Crippen molar-refractivity contribution in [2.75, 3.05) is 25.1 Å². The zero-order valence-electron chi connectivity index (χ0n) is 48.5. The molecule has 0 unspecified atom stereocenters. The predicted molar refractivity (Wildman–Crippen MR) is 305 cm³/mol. The third kappa shape index (κ3) is 31.7. The number of carboxylic acids is 1. The molecule has 0 rings (SSSR count). The first kappa shape index (κ1) is 74.2. The van der Waals surface area contributed by atoms with Gasteiger partial charge in [0.15, 0.2) is 5.96 Å². The highest BCUT2D eigenvalue weighted by Gasteiger charge is 2.37. The quantitative estimate of drug-likeness (QED) is 0.0159. The molecule has 0 radical (unpaired) electrons. The van der Waals surface area contributed by atoms with E-state index in [1.165, 1.54) is 11.8 Å². The van der Waals surface area contributed by atoms with Crippen LogP contribution in [0.3, 0.4) is 0 Å². The summed E-state index contributed by atoms with van der Waals surface area (Å²) in [6, 6.07) is -12.5. The molecule has 0 fully saturated rings. The highest BCUT2D eigenvalue weighted by Crippen LogP contribution is 2.14. The number of carboxylic acid groups (broad SMARTS) is 1. The summed E-state index contributed by atoms with van der Waals surface area (Å²) in [5.74, 6) is -12.6. The Morgan fingerprint density at radius 1 is 0.494 bits per heavy atom. The largest absolute Gasteiger partial charge is 0.481 e. The summed E-state index contributed by atoms with van der Waals surface area (Å²) in [5, 5.41) is 33.3. The number of hydrogen-bond donors (Lipinski definition) is 16. The van der Waals surface area contributed by atoms with Crippen molar-refractivity contribution < 1.29 is 62.6 Å². The van der Waals surface area contributed by atoms with E-state index in [0.29, 0.717) is 25.8 Å². The van der Waals surface area contributed by atoms with E-state index in [1.807, 2.05) is 27.7 Å². The lowest BCUT2D eigenvalue weighted by Crippen LogP contribution is -2.61. The summed E-state index contributed by atoms with van der Waals surface area (Å²) in [6.07, 6.45) is 1.39. The fourth-order valence-corrected chi connectivity index (χ4v) is 8.56. The van der Waals surface area contributed by atoms with Gasteiger partial charge in [-0.15, -0.1) is 0 Å². The summed E-state index contributed by atoms with van der Waals surface area (Å²) in [6.45, 7) is 14.8. The summed E-state index contributed by atoms with van der Waals surface area (Å²) in [5.41, 5.74) is 32.7. The maximum Gasteiger partial charge on any atom is 0.305 e. The number of amides is 11. The van der Waals surface area contributed by atoms with Crippen LogP contribution in [0.2, 0.25) is 0 Å². The van der Waals surface area contributed by atoms with Gasteiger partial charge in [-0.25, -0.2) is 0 Å². The monoisotopic (exact) mass is 1170 g/mol. The van der Waals surface area contributed by atoms with Gasteiger partial charge in [0.1, 0.15) is 48.3 Å². The second-order valence-corrected chi connectivity index (χ2v) is 22.1. The maximum atomic E-state index is 14.2. The van der Waals surface area contributed by atoms with Gasteiger partial charge in [-0.3, -0.25) is 62.5 Å². The second-order valence-electron chi connectivity index (χ2n) is 21.1. The van der Waals surface area contributed by atoms with Crippen LogP contribution >= 0.6 is 11.8 Å². The molecule has 81 heavy (non-hydrogen) atoms. The molecule has 30 heteroatoms. The van der Waals surface area contributed by atoms with E-state index in [9.17, 15) is 62.6 Å². The lowest BCUT2D eigenvalue weighted by molar-refractivity contribution is -0.142. The van der Waals surface area contributed by atoms with Crippen LogP contribution < -0.4 is 82.3 Å². The minimum atomic E-state index is -1.92. The number of nitrogens with one attached hydrogen (secondary N) is 9. The number of rotatable bonds is 43. The predicted octanol–water partition coefficient (Wildman–Crippen LogP) is -3.59. The van der Waals surface area contributed by atoms with E-state index < -0.39 is 157 Å². The van der Waals surface area contributed by atoms with E-state index in [1.54, 1.807) is 34.0 Å². The molecule has 0 saturated heterocycles. The van der Waals surface area contributed by atoms with Gasteiger partial charge in [0, 0.05) is 19.0 Å². The molecular formula is C51H94N16O13S. The molecule has 10 atom stereocenters. The first-order valence-electron chi connectivity index (χ1n) is 27.4. The molecule has 0 spiro atoms. The molecule has 11 amide bonds.